The molecule has 178 valence electrons. The molecule has 9 nitrogen and oxygen atoms in total. The SMILES string of the molecule is CCC(C)NC(=O)CCNC(=O)c1ccc(CNS(=O)(=O)c2ccc(NC(C)=O)cc2)cc1. The third kappa shape index (κ3) is 8.66. The molecule has 2 aromatic carbocycles. The van der Waals surface area contributed by atoms with E-state index in [4.69, 9.17) is 0 Å². The first-order chi connectivity index (χ1) is 15.6. The van der Waals surface area contributed by atoms with E-state index in [-0.39, 0.29) is 48.2 Å². The molecule has 10 heteroatoms. The number of carbonyl (C=O) groups is 3. The van der Waals surface area contributed by atoms with E-state index in [2.05, 4.69) is 20.7 Å². The van der Waals surface area contributed by atoms with Crippen molar-refractivity contribution in [3.63, 3.8) is 0 Å². The Kier molecular flexibility index (Phi) is 9.56. The normalized spacial score (nSPS) is 12.0. The van der Waals surface area contributed by atoms with Crippen LogP contribution in [0.3, 0.4) is 0 Å². The molecule has 0 fully saturated rings. The van der Waals surface area contributed by atoms with Crippen LogP contribution in [0.4, 0.5) is 5.69 Å². The number of nitrogens with one attached hydrogen (secondary N) is 4. The molecule has 1 atom stereocenters. The Hall–Kier alpha value is -3.24. The highest BCUT2D eigenvalue weighted by atomic mass is 32.2. The van der Waals surface area contributed by atoms with E-state index in [0.717, 1.165) is 6.42 Å². The first-order valence-corrected chi connectivity index (χ1v) is 12.1. The van der Waals surface area contributed by atoms with E-state index in [1.165, 1.54) is 31.2 Å². The van der Waals surface area contributed by atoms with Crippen LogP contribution in [0.5, 0.6) is 0 Å². The lowest BCUT2D eigenvalue weighted by atomic mass is 10.1. The number of sulfonamides is 1. The van der Waals surface area contributed by atoms with Gasteiger partial charge in [-0.2, -0.15) is 0 Å². The summed E-state index contributed by atoms with van der Waals surface area (Å²) in [6, 6.07) is 12.4. The van der Waals surface area contributed by atoms with Crippen LogP contribution in [-0.4, -0.2) is 38.7 Å². The van der Waals surface area contributed by atoms with Crippen LogP contribution in [0.2, 0.25) is 0 Å². The van der Waals surface area contributed by atoms with Crippen LogP contribution in [0.1, 0.15) is 49.5 Å². The lowest BCUT2D eigenvalue weighted by Gasteiger charge is -2.11. The van der Waals surface area contributed by atoms with Crippen LogP contribution >= 0.6 is 0 Å². The molecule has 0 saturated carbocycles. The van der Waals surface area contributed by atoms with Gasteiger partial charge in [-0.05, 0) is 55.3 Å². The van der Waals surface area contributed by atoms with Gasteiger partial charge in [0.1, 0.15) is 0 Å². The fourth-order valence-corrected chi connectivity index (χ4v) is 3.81. The minimum absolute atomic E-state index is 0.0491. The number of rotatable bonds is 11. The Labute approximate surface area is 194 Å². The van der Waals surface area contributed by atoms with E-state index >= 15 is 0 Å². The molecule has 0 bridgehead atoms. The first kappa shape index (κ1) is 26.0. The highest BCUT2D eigenvalue weighted by Gasteiger charge is 2.14. The van der Waals surface area contributed by atoms with Crippen LogP contribution in [0, 0.1) is 0 Å². The van der Waals surface area contributed by atoms with Crippen LogP contribution in [0.25, 0.3) is 0 Å². The molecule has 0 aliphatic rings. The Morgan fingerprint density at radius 2 is 1.61 bits per heavy atom. The van der Waals surface area contributed by atoms with Crippen molar-refractivity contribution in [2.45, 2.75) is 51.1 Å². The molecule has 4 N–H and O–H groups in total. The summed E-state index contributed by atoms with van der Waals surface area (Å²) in [6.45, 7) is 5.54. The minimum atomic E-state index is -3.74. The molecule has 2 aromatic rings. The fraction of sp³-hybridized carbons (Fsp3) is 0.348. The third-order valence-electron chi connectivity index (χ3n) is 4.82. The molecule has 33 heavy (non-hydrogen) atoms. The number of benzene rings is 2. The predicted molar refractivity (Wildman–Crippen MR) is 126 cm³/mol. The van der Waals surface area contributed by atoms with Crippen molar-refractivity contribution in [2.24, 2.45) is 0 Å². The third-order valence-corrected chi connectivity index (χ3v) is 6.24. The van der Waals surface area contributed by atoms with Gasteiger partial charge in [0.05, 0.1) is 4.90 Å². The second-order valence-electron chi connectivity index (χ2n) is 7.61. The van der Waals surface area contributed by atoms with Crippen molar-refractivity contribution >= 4 is 33.4 Å². The highest BCUT2D eigenvalue weighted by molar-refractivity contribution is 7.89. The predicted octanol–water partition coefficient (Wildman–Crippen LogP) is 2.16. The molecule has 3 amide bonds. The molecule has 0 saturated heterocycles. The number of carbonyl (C=O) groups excluding carboxylic acids is 3. The number of hydrogen-bond acceptors (Lipinski definition) is 5. The maximum absolute atomic E-state index is 12.5. The molecule has 1 unspecified atom stereocenters. The van der Waals surface area contributed by atoms with Crippen molar-refractivity contribution in [1.82, 2.24) is 15.4 Å². The Balaban J connectivity index is 1.85. The monoisotopic (exact) mass is 474 g/mol. The van der Waals surface area contributed by atoms with Crippen molar-refractivity contribution < 1.29 is 22.8 Å². The molecular formula is C23H30N4O5S. The van der Waals surface area contributed by atoms with Gasteiger partial charge in [0.25, 0.3) is 5.91 Å². The van der Waals surface area contributed by atoms with Gasteiger partial charge in [-0.3, -0.25) is 14.4 Å². The smallest absolute Gasteiger partial charge is 0.251 e. The number of amides is 3. The largest absolute Gasteiger partial charge is 0.354 e. The van der Waals surface area contributed by atoms with Gasteiger partial charge in [-0.1, -0.05) is 19.1 Å². The second kappa shape index (κ2) is 12.1. The summed E-state index contributed by atoms with van der Waals surface area (Å²) < 4.78 is 27.5. The average molecular weight is 475 g/mol. The number of hydrogen-bond donors (Lipinski definition) is 4. The fourth-order valence-electron chi connectivity index (χ4n) is 2.80. The molecule has 0 spiro atoms. The minimum Gasteiger partial charge on any atom is -0.354 e. The van der Waals surface area contributed by atoms with Gasteiger partial charge < -0.3 is 16.0 Å². The standard InChI is InChI=1S/C23H30N4O5S/c1-4-16(2)26-22(29)13-14-24-23(30)19-7-5-18(6-8-19)15-25-33(31,32)21-11-9-20(10-12-21)27-17(3)28/h5-12,16,25H,4,13-15H2,1-3H3,(H,24,30)(H,26,29)(H,27,28). The molecule has 2 rings (SSSR count). The van der Waals surface area contributed by atoms with Gasteiger partial charge >= 0.3 is 0 Å². The molecule has 0 heterocycles. The van der Waals surface area contributed by atoms with Crippen LogP contribution in [-0.2, 0) is 26.2 Å². The molecule has 0 radical (unpaired) electrons. The summed E-state index contributed by atoms with van der Waals surface area (Å²) in [5.41, 5.74) is 1.60. The zero-order valence-electron chi connectivity index (χ0n) is 19.0. The van der Waals surface area contributed by atoms with Crippen molar-refractivity contribution in [1.29, 1.82) is 0 Å². The number of anilines is 1. The highest BCUT2D eigenvalue weighted by Crippen LogP contribution is 2.14. The molecular weight excluding hydrogens is 444 g/mol. The van der Waals surface area contributed by atoms with Gasteiger partial charge in [0.2, 0.25) is 21.8 Å². The molecule has 0 aliphatic carbocycles. The maximum Gasteiger partial charge on any atom is 0.251 e. The quantitative estimate of drug-likeness (QED) is 0.396. The Morgan fingerprint density at radius 1 is 0.970 bits per heavy atom. The molecule has 0 aliphatic heterocycles. The van der Waals surface area contributed by atoms with Gasteiger partial charge in [-0.25, -0.2) is 13.1 Å². The van der Waals surface area contributed by atoms with E-state index < -0.39 is 10.0 Å². The van der Waals surface area contributed by atoms with Crippen molar-refractivity contribution in [2.75, 3.05) is 11.9 Å². The summed E-state index contributed by atoms with van der Waals surface area (Å²) in [5, 5.41) is 8.11. The lowest BCUT2D eigenvalue weighted by molar-refractivity contribution is -0.121. The van der Waals surface area contributed by atoms with Crippen LogP contribution in [0.15, 0.2) is 53.4 Å². The topological polar surface area (TPSA) is 133 Å². The van der Waals surface area contributed by atoms with E-state index in [9.17, 15) is 22.8 Å². The average Bonchev–Trinajstić information content (AvgIpc) is 2.78. The Bertz CT molecular complexity index is 1070. The molecule has 0 aromatic heterocycles. The van der Waals surface area contributed by atoms with Gasteiger partial charge in [0, 0.05) is 43.7 Å². The summed E-state index contributed by atoms with van der Waals surface area (Å²) >= 11 is 0. The second-order valence-corrected chi connectivity index (χ2v) is 9.38. The first-order valence-electron chi connectivity index (χ1n) is 10.6. The maximum atomic E-state index is 12.5. The van der Waals surface area contributed by atoms with E-state index in [1.54, 1.807) is 24.3 Å². The van der Waals surface area contributed by atoms with Crippen LogP contribution < -0.4 is 20.7 Å². The summed E-state index contributed by atoms with van der Waals surface area (Å²) in [5.74, 6) is -0.664. The summed E-state index contributed by atoms with van der Waals surface area (Å²) in [6.07, 6.45) is 1.03. The lowest BCUT2D eigenvalue weighted by Crippen LogP contribution is -2.35. The van der Waals surface area contributed by atoms with Gasteiger partial charge in [0.15, 0.2) is 0 Å². The zero-order valence-corrected chi connectivity index (χ0v) is 19.8. The Morgan fingerprint density at radius 3 is 2.18 bits per heavy atom. The zero-order chi connectivity index (χ0) is 24.4. The van der Waals surface area contributed by atoms with E-state index in [1.807, 2.05) is 13.8 Å². The summed E-state index contributed by atoms with van der Waals surface area (Å²) in [4.78, 5) is 35.1. The van der Waals surface area contributed by atoms with Crippen molar-refractivity contribution in [3.8, 4) is 0 Å². The van der Waals surface area contributed by atoms with Crippen molar-refractivity contribution in [3.05, 3.63) is 59.7 Å². The summed E-state index contributed by atoms with van der Waals surface area (Å²) in [7, 11) is -3.74. The van der Waals surface area contributed by atoms with Gasteiger partial charge in [-0.15, -0.1) is 0 Å². The van der Waals surface area contributed by atoms with E-state index in [0.29, 0.717) is 16.8 Å².